The maximum atomic E-state index is 12.6. The third-order valence-corrected chi connectivity index (χ3v) is 6.02. The number of benzene rings is 1. The first-order chi connectivity index (χ1) is 11.1. The van der Waals surface area contributed by atoms with E-state index < -0.39 is 0 Å². The lowest BCUT2D eigenvalue weighted by Crippen LogP contribution is -2.47. The van der Waals surface area contributed by atoms with Gasteiger partial charge in [0.25, 0.3) is 0 Å². The molecule has 0 radical (unpaired) electrons. The zero-order valence-electron chi connectivity index (χ0n) is 13.6. The number of nitrogens with zero attached hydrogens (tertiary/aromatic N) is 1. The molecule has 1 saturated carbocycles. The van der Waals surface area contributed by atoms with Crippen LogP contribution < -0.4 is 5.32 Å². The average Bonchev–Trinajstić information content (AvgIpc) is 3.39. The van der Waals surface area contributed by atoms with Gasteiger partial charge in [-0.2, -0.15) is 0 Å². The second-order valence-corrected chi connectivity index (χ2v) is 8.52. The molecule has 0 aromatic heterocycles. The van der Waals surface area contributed by atoms with Crippen LogP contribution in [0.25, 0.3) is 0 Å². The van der Waals surface area contributed by atoms with E-state index in [1.54, 1.807) is 11.8 Å². The minimum atomic E-state index is -0.0489. The van der Waals surface area contributed by atoms with E-state index in [4.69, 9.17) is 11.6 Å². The number of nitrogens with one attached hydrogen (secondary N) is 1. The third kappa shape index (κ3) is 5.13. The fourth-order valence-electron chi connectivity index (χ4n) is 2.98. The summed E-state index contributed by atoms with van der Waals surface area (Å²) < 4.78 is 0. The fraction of sp³-hybridized carbons (Fsp3) is 0.611. The minimum Gasteiger partial charge on any atom is -0.342 e. The Bertz CT molecular complexity index is 524. The van der Waals surface area contributed by atoms with Crippen molar-refractivity contribution in [2.45, 2.75) is 48.8 Å². The molecule has 3 nitrogen and oxygen atoms in total. The van der Waals surface area contributed by atoms with Gasteiger partial charge in [-0.05, 0) is 69.3 Å². The van der Waals surface area contributed by atoms with Crippen molar-refractivity contribution in [1.82, 2.24) is 10.2 Å². The zero-order chi connectivity index (χ0) is 16.2. The molecule has 2 fully saturated rings. The van der Waals surface area contributed by atoms with Crippen LogP contribution in [0.4, 0.5) is 0 Å². The van der Waals surface area contributed by atoms with Crippen LogP contribution in [0.2, 0.25) is 5.02 Å². The van der Waals surface area contributed by atoms with Crippen molar-refractivity contribution in [2.75, 3.05) is 19.6 Å². The summed E-state index contributed by atoms with van der Waals surface area (Å²) in [6, 6.07) is 8.30. The van der Waals surface area contributed by atoms with Crippen molar-refractivity contribution in [3.8, 4) is 0 Å². The Hall–Kier alpha value is -0.710. The van der Waals surface area contributed by atoms with Gasteiger partial charge in [0.2, 0.25) is 5.91 Å². The lowest BCUT2D eigenvalue weighted by Gasteiger charge is -2.34. The first-order valence-corrected chi connectivity index (χ1v) is 9.82. The summed E-state index contributed by atoms with van der Waals surface area (Å²) in [6.07, 6.45) is 4.95. The summed E-state index contributed by atoms with van der Waals surface area (Å²) in [6.45, 7) is 4.93. The number of hydrogen-bond donors (Lipinski definition) is 1. The number of halogens is 1. The molecule has 1 aliphatic carbocycles. The Morgan fingerprint density at radius 1 is 1.26 bits per heavy atom. The normalized spacial score (nSPS) is 20.5. The lowest BCUT2D eigenvalue weighted by molar-refractivity contribution is -0.131. The predicted octanol–water partition coefficient (Wildman–Crippen LogP) is 3.81. The molecule has 1 heterocycles. The lowest BCUT2D eigenvalue weighted by atomic mass is 10.0. The van der Waals surface area contributed by atoms with E-state index in [1.165, 1.54) is 19.4 Å². The first-order valence-electron chi connectivity index (χ1n) is 8.56. The van der Waals surface area contributed by atoms with E-state index in [2.05, 4.69) is 5.32 Å². The summed E-state index contributed by atoms with van der Waals surface area (Å²) in [5.74, 6) is 1.18. The Morgan fingerprint density at radius 3 is 2.52 bits per heavy atom. The third-order valence-electron chi connectivity index (χ3n) is 4.67. The van der Waals surface area contributed by atoms with Gasteiger partial charge in [-0.3, -0.25) is 4.79 Å². The number of carbonyl (C=O) groups is 1. The fourth-order valence-corrected chi connectivity index (χ4v) is 4.06. The van der Waals surface area contributed by atoms with Crippen molar-refractivity contribution in [3.63, 3.8) is 0 Å². The van der Waals surface area contributed by atoms with Gasteiger partial charge in [0.1, 0.15) is 0 Å². The van der Waals surface area contributed by atoms with Crippen molar-refractivity contribution in [3.05, 3.63) is 29.3 Å². The van der Waals surface area contributed by atoms with Gasteiger partial charge in [-0.1, -0.05) is 11.6 Å². The van der Waals surface area contributed by atoms with Crippen LogP contribution in [-0.2, 0) is 4.79 Å². The Kier molecular flexibility index (Phi) is 5.89. The van der Waals surface area contributed by atoms with Crippen LogP contribution in [0, 0.1) is 5.92 Å². The molecule has 126 valence electrons. The van der Waals surface area contributed by atoms with E-state index >= 15 is 0 Å². The topological polar surface area (TPSA) is 32.3 Å². The Morgan fingerprint density at radius 2 is 1.91 bits per heavy atom. The highest BCUT2D eigenvalue weighted by Crippen LogP contribution is 2.29. The molecule has 5 heteroatoms. The second-order valence-electron chi connectivity index (χ2n) is 6.67. The minimum absolute atomic E-state index is 0.0489. The van der Waals surface area contributed by atoms with Crippen molar-refractivity contribution >= 4 is 29.3 Å². The van der Waals surface area contributed by atoms with Crippen molar-refractivity contribution < 1.29 is 4.79 Å². The number of piperidine rings is 1. The molecule has 1 aliphatic heterocycles. The standard InChI is InChI=1S/C18H25ClN2OS/c1-13(23-17-6-4-15(19)5-7-17)18(22)21-10-8-16(9-11-21)20-12-14-2-3-14/h4-7,13-14,16,20H,2-3,8-12H2,1H3. The number of amides is 1. The van der Waals surface area contributed by atoms with E-state index in [1.807, 2.05) is 36.1 Å². The van der Waals surface area contributed by atoms with Gasteiger partial charge >= 0.3 is 0 Å². The summed E-state index contributed by atoms with van der Waals surface area (Å²) in [5.41, 5.74) is 0. The molecule has 2 aliphatic rings. The Balaban J connectivity index is 1.43. The summed E-state index contributed by atoms with van der Waals surface area (Å²) >= 11 is 7.52. The highest BCUT2D eigenvalue weighted by molar-refractivity contribution is 8.00. The molecule has 0 bridgehead atoms. The highest BCUT2D eigenvalue weighted by atomic mass is 35.5. The Labute approximate surface area is 148 Å². The van der Waals surface area contributed by atoms with E-state index in [9.17, 15) is 4.79 Å². The first kappa shape index (κ1) is 17.1. The van der Waals surface area contributed by atoms with Crippen LogP contribution in [0.1, 0.15) is 32.6 Å². The average molecular weight is 353 g/mol. The molecule has 23 heavy (non-hydrogen) atoms. The van der Waals surface area contributed by atoms with Crippen LogP contribution >= 0.6 is 23.4 Å². The van der Waals surface area contributed by atoms with E-state index in [-0.39, 0.29) is 11.2 Å². The van der Waals surface area contributed by atoms with E-state index in [0.717, 1.165) is 41.8 Å². The molecule has 3 rings (SSSR count). The molecule has 1 unspecified atom stereocenters. The summed E-state index contributed by atoms with van der Waals surface area (Å²) in [5, 5.41) is 4.34. The summed E-state index contributed by atoms with van der Waals surface area (Å²) in [7, 11) is 0. The maximum Gasteiger partial charge on any atom is 0.235 e. The van der Waals surface area contributed by atoms with Gasteiger partial charge in [-0.25, -0.2) is 0 Å². The highest BCUT2D eigenvalue weighted by Gasteiger charge is 2.28. The van der Waals surface area contributed by atoms with E-state index in [0.29, 0.717) is 6.04 Å². The molecule has 1 atom stereocenters. The molecule has 1 saturated heterocycles. The number of carbonyl (C=O) groups excluding carboxylic acids is 1. The molecule has 1 N–H and O–H groups in total. The van der Waals surface area contributed by atoms with Crippen LogP contribution in [0.3, 0.4) is 0 Å². The maximum absolute atomic E-state index is 12.6. The quantitative estimate of drug-likeness (QED) is 0.790. The van der Waals surface area contributed by atoms with Gasteiger partial charge in [-0.15, -0.1) is 11.8 Å². The molecular weight excluding hydrogens is 328 g/mol. The number of rotatable bonds is 6. The molecule has 1 amide bonds. The van der Waals surface area contributed by atoms with Gasteiger partial charge in [0.15, 0.2) is 0 Å². The predicted molar refractivity (Wildman–Crippen MR) is 97.1 cm³/mol. The van der Waals surface area contributed by atoms with Gasteiger partial charge < -0.3 is 10.2 Å². The van der Waals surface area contributed by atoms with Gasteiger partial charge in [0, 0.05) is 29.0 Å². The SMILES string of the molecule is CC(Sc1ccc(Cl)cc1)C(=O)N1CCC(NCC2CC2)CC1. The smallest absolute Gasteiger partial charge is 0.235 e. The van der Waals surface area contributed by atoms with Crippen LogP contribution in [0.5, 0.6) is 0 Å². The number of likely N-dealkylation sites (tertiary alicyclic amines) is 1. The molecular formula is C18H25ClN2OS. The van der Waals surface area contributed by atoms with Crippen molar-refractivity contribution in [1.29, 1.82) is 0 Å². The monoisotopic (exact) mass is 352 g/mol. The molecule has 0 spiro atoms. The molecule has 1 aromatic carbocycles. The largest absolute Gasteiger partial charge is 0.342 e. The summed E-state index contributed by atoms with van der Waals surface area (Å²) in [4.78, 5) is 15.7. The molecule has 1 aromatic rings. The zero-order valence-corrected chi connectivity index (χ0v) is 15.2. The second kappa shape index (κ2) is 7.91. The number of hydrogen-bond acceptors (Lipinski definition) is 3. The van der Waals surface area contributed by atoms with Crippen LogP contribution in [0.15, 0.2) is 29.2 Å². The van der Waals surface area contributed by atoms with Crippen molar-refractivity contribution in [2.24, 2.45) is 5.92 Å². The van der Waals surface area contributed by atoms with Gasteiger partial charge in [0.05, 0.1) is 5.25 Å². The number of thioether (sulfide) groups is 1. The van der Waals surface area contributed by atoms with Crippen LogP contribution in [-0.4, -0.2) is 41.7 Å².